The summed E-state index contributed by atoms with van der Waals surface area (Å²) in [5, 5.41) is 7.04. The van der Waals surface area contributed by atoms with Crippen LogP contribution in [-0.2, 0) is 13.6 Å². The molecule has 0 spiro atoms. The maximum Gasteiger partial charge on any atom is 0.251 e. The van der Waals surface area contributed by atoms with Gasteiger partial charge in [0.15, 0.2) is 5.82 Å². The van der Waals surface area contributed by atoms with Crippen molar-refractivity contribution < 1.29 is 4.79 Å². The minimum absolute atomic E-state index is 0.133. The number of anilines is 1. The Hall–Kier alpha value is -4.20. The van der Waals surface area contributed by atoms with Crippen LogP contribution in [0.4, 0.5) is 5.82 Å². The standard InChI is InChI=1S/C23H21N7O/c1-24-22-19-20(30(2)13-27-19)17-10-18(28-21(17)29-22)15-6-3-7-16(9-15)23(31)26-12-14-5-4-8-25-11-14/h3-11,13H,12H2,1-2H3,(H,26,31)(H2,24,28,29). The van der Waals surface area contributed by atoms with Crippen LogP contribution in [0.5, 0.6) is 0 Å². The largest absolute Gasteiger partial charge is 0.371 e. The van der Waals surface area contributed by atoms with Gasteiger partial charge >= 0.3 is 0 Å². The number of H-pyrrole nitrogens is 1. The second kappa shape index (κ2) is 7.56. The first-order valence-corrected chi connectivity index (χ1v) is 9.93. The van der Waals surface area contributed by atoms with Gasteiger partial charge in [-0.2, -0.15) is 0 Å². The summed E-state index contributed by atoms with van der Waals surface area (Å²) in [7, 11) is 3.80. The molecule has 0 radical (unpaired) electrons. The number of aryl methyl sites for hydroxylation is 1. The predicted molar refractivity (Wildman–Crippen MR) is 121 cm³/mol. The summed E-state index contributed by atoms with van der Waals surface area (Å²) in [4.78, 5) is 29.3. The molecule has 0 atom stereocenters. The molecular formula is C23H21N7O. The lowest BCUT2D eigenvalue weighted by Crippen LogP contribution is -2.22. The lowest BCUT2D eigenvalue weighted by Gasteiger charge is -2.06. The van der Waals surface area contributed by atoms with E-state index in [1.807, 2.05) is 49.0 Å². The molecule has 0 saturated carbocycles. The van der Waals surface area contributed by atoms with Crippen LogP contribution in [0.25, 0.3) is 33.3 Å². The third-order valence-corrected chi connectivity index (χ3v) is 5.29. The van der Waals surface area contributed by atoms with Crippen molar-refractivity contribution in [3.63, 3.8) is 0 Å². The van der Waals surface area contributed by atoms with Gasteiger partial charge in [-0.05, 0) is 35.4 Å². The number of nitrogens with one attached hydrogen (secondary N) is 3. The van der Waals surface area contributed by atoms with Crippen molar-refractivity contribution in [3.05, 3.63) is 72.3 Å². The van der Waals surface area contributed by atoms with Crippen molar-refractivity contribution in [2.24, 2.45) is 7.05 Å². The molecule has 5 aromatic rings. The Bertz CT molecular complexity index is 1400. The number of amides is 1. The molecule has 0 aliphatic heterocycles. The van der Waals surface area contributed by atoms with E-state index in [4.69, 9.17) is 0 Å². The van der Waals surface area contributed by atoms with Crippen LogP contribution in [0, 0.1) is 0 Å². The third kappa shape index (κ3) is 3.38. The summed E-state index contributed by atoms with van der Waals surface area (Å²) in [6, 6.07) is 13.4. The summed E-state index contributed by atoms with van der Waals surface area (Å²) < 4.78 is 1.99. The second-order valence-corrected chi connectivity index (χ2v) is 7.33. The van der Waals surface area contributed by atoms with Crippen LogP contribution >= 0.6 is 0 Å². The van der Waals surface area contributed by atoms with Gasteiger partial charge in [0.2, 0.25) is 0 Å². The summed E-state index contributed by atoms with van der Waals surface area (Å²) in [6.45, 7) is 0.429. The van der Waals surface area contributed by atoms with E-state index in [1.54, 1.807) is 24.8 Å². The Labute approximate surface area is 178 Å². The molecule has 1 amide bonds. The highest BCUT2D eigenvalue weighted by atomic mass is 16.1. The molecule has 4 heterocycles. The first-order valence-electron chi connectivity index (χ1n) is 9.93. The predicted octanol–water partition coefficient (Wildman–Crippen LogP) is 3.48. The van der Waals surface area contributed by atoms with Crippen molar-refractivity contribution in [2.45, 2.75) is 6.54 Å². The summed E-state index contributed by atoms with van der Waals surface area (Å²) in [5.74, 6) is 0.589. The van der Waals surface area contributed by atoms with Crippen molar-refractivity contribution in [1.29, 1.82) is 0 Å². The van der Waals surface area contributed by atoms with Crippen LogP contribution in [0.1, 0.15) is 15.9 Å². The van der Waals surface area contributed by atoms with Crippen molar-refractivity contribution in [3.8, 4) is 11.3 Å². The topological polar surface area (TPSA) is 101 Å². The van der Waals surface area contributed by atoms with E-state index in [1.165, 1.54) is 0 Å². The average molecular weight is 411 g/mol. The maximum absolute atomic E-state index is 12.7. The molecule has 154 valence electrons. The average Bonchev–Trinajstić information content (AvgIpc) is 3.41. The molecule has 0 aliphatic carbocycles. The van der Waals surface area contributed by atoms with Gasteiger partial charge in [-0.25, -0.2) is 9.97 Å². The van der Waals surface area contributed by atoms with E-state index in [0.717, 1.165) is 44.7 Å². The van der Waals surface area contributed by atoms with E-state index in [0.29, 0.717) is 12.1 Å². The third-order valence-electron chi connectivity index (χ3n) is 5.29. The molecule has 0 unspecified atom stereocenters. The lowest BCUT2D eigenvalue weighted by atomic mass is 10.1. The van der Waals surface area contributed by atoms with Crippen LogP contribution in [0.3, 0.4) is 0 Å². The lowest BCUT2D eigenvalue weighted by molar-refractivity contribution is 0.0951. The van der Waals surface area contributed by atoms with Gasteiger partial charge in [-0.15, -0.1) is 0 Å². The Balaban J connectivity index is 1.48. The number of fused-ring (bicyclic) bond motifs is 3. The molecule has 0 aliphatic rings. The van der Waals surface area contributed by atoms with Crippen molar-refractivity contribution >= 4 is 33.8 Å². The fourth-order valence-corrected chi connectivity index (χ4v) is 3.74. The van der Waals surface area contributed by atoms with E-state index in [2.05, 4.69) is 36.6 Å². The zero-order chi connectivity index (χ0) is 21.4. The zero-order valence-corrected chi connectivity index (χ0v) is 17.2. The second-order valence-electron chi connectivity index (χ2n) is 7.33. The zero-order valence-electron chi connectivity index (χ0n) is 17.2. The van der Waals surface area contributed by atoms with Gasteiger partial charge in [-0.1, -0.05) is 18.2 Å². The van der Waals surface area contributed by atoms with Gasteiger partial charge in [0.25, 0.3) is 5.91 Å². The number of pyridine rings is 2. The number of imidazole rings is 1. The Kier molecular flexibility index (Phi) is 4.59. The number of hydrogen-bond donors (Lipinski definition) is 3. The van der Waals surface area contributed by atoms with E-state index in [9.17, 15) is 4.79 Å². The Morgan fingerprint density at radius 1 is 1.19 bits per heavy atom. The van der Waals surface area contributed by atoms with Crippen molar-refractivity contribution in [1.82, 2.24) is 29.8 Å². The van der Waals surface area contributed by atoms with Gasteiger partial charge in [0, 0.05) is 49.7 Å². The van der Waals surface area contributed by atoms with Crippen LogP contribution in [0.2, 0.25) is 0 Å². The maximum atomic E-state index is 12.7. The summed E-state index contributed by atoms with van der Waals surface area (Å²) in [5.41, 5.74) is 5.94. The summed E-state index contributed by atoms with van der Waals surface area (Å²) in [6.07, 6.45) is 5.24. The van der Waals surface area contributed by atoms with E-state index >= 15 is 0 Å². The normalized spacial score (nSPS) is 11.2. The minimum Gasteiger partial charge on any atom is -0.371 e. The molecule has 31 heavy (non-hydrogen) atoms. The molecule has 0 fully saturated rings. The highest BCUT2D eigenvalue weighted by Crippen LogP contribution is 2.31. The first-order chi connectivity index (χ1) is 15.1. The molecule has 4 aromatic heterocycles. The molecular weight excluding hydrogens is 390 g/mol. The Morgan fingerprint density at radius 3 is 2.90 bits per heavy atom. The van der Waals surface area contributed by atoms with Gasteiger partial charge < -0.3 is 20.2 Å². The number of nitrogens with zero attached hydrogens (tertiary/aromatic N) is 4. The van der Waals surface area contributed by atoms with Crippen LogP contribution in [-0.4, -0.2) is 37.5 Å². The molecule has 3 N–H and O–H groups in total. The number of carbonyl (C=O) groups is 1. The number of aromatic nitrogens is 5. The first kappa shape index (κ1) is 18.8. The Morgan fingerprint density at radius 2 is 2.10 bits per heavy atom. The number of carbonyl (C=O) groups excluding carboxylic acids is 1. The monoisotopic (exact) mass is 411 g/mol. The van der Waals surface area contributed by atoms with Crippen LogP contribution < -0.4 is 10.6 Å². The fourth-order valence-electron chi connectivity index (χ4n) is 3.74. The molecule has 0 saturated heterocycles. The van der Waals surface area contributed by atoms with E-state index < -0.39 is 0 Å². The summed E-state index contributed by atoms with van der Waals surface area (Å²) >= 11 is 0. The smallest absolute Gasteiger partial charge is 0.251 e. The molecule has 5 rings (SSSR count). The van der Waals surface area contributed by atoms with Gasteiger partial charge in [-0.3, -0.25) is 9.78 Å². The molecule has 8 heteroatoms. The highest BCUT2D eigenvalue weighted by Gasteiger charge is 2.15. The van der Waals surface area contributed by atoms with Crippen LogP contribution in [0.15, 0.2) is 61.2 Å². The quantitative estimate of drug-likeness (QED) is 0.411. The van der Waals surface area contributed by atoms with Gasteiger partial charge in [0.05, 0.1) is 11.8 Å². The molecule has 8 nitrogen and oxygen atoms in total. The SMILES string of the molecule is CNc1nc2[nH]c(-c3cccc(C(=O)NCc4cccnc4)c3)cc2c2c1ncn2C. The highest BCUT2D eigenvalue weighted by molar-refractivity contribution is 6.07. The fraction of sp³-hybridized carbons (Fsp3) is 0.130. The number of aromatic amines is 1. The van der Waals surface area contributed by atoms with E-state index in [-0.39, 0.29) is 5.91 Å². The van der Waals surface area contributed by atoms with Gasteiger partial charge in [0.1, 0.15) is 11.2 Å². The number of benzene rings is 1. The molecule has 1 aromatic carbocycles. The number of hydrogen-bond acceptors (Lipinski definition) is 5. The minimum atomic E-state index is -0.133. The van der Waals surface area contributed by atoms with Crippen molar-refractivity contribution in [2.75, 3.05) is 12.4 Å². The molecule has 0 bridgehead atoms. The number of rotatable bonds is 5.